The topological polar surface area (TPSA) is 70.1 Å². The fourth-order valence-electron chi connectivity index (χ4n) is 4.99. The molecule has 0 bridgehead atoms. The van der Waals surface area contributed by atoms with Gasteiger partial charge in [-0.3, -0.25) is 0 Å². The first-order chi connectivity index (χ1) is 16.9. The highest BCUT2D eigenvalue weighted by molar-refractivity contribution is 7.96. The van der Waals surface area contributed by atoms with Crippen molar-refractivity contribution in [3.63, 3.8) is 0 Å². The van der Waals surface area contributed by atoms with Gasteiger partial charge in [0.05, 0.1) is 4.91 Å². The molecule has 3 aliphatic rings. The summed E-state index contributed by atoms with van der Waals surface area (Å²) in [6.07, 6.45) is 3.19. The molecule has 0 radical (unpaired) electrons. The van der Waals surface area contributed by atoms with Crippen LogP contribution in [0.1, 0.15) is 38.2 Å². The number of benzene rings is 1. The number of rotatable bonds is 6. The lowest BCUT2D eigenvalue weighted by Crippen LogP contribution is -2.56. The third-order valence-electron chi connectivity index (χ3n) is 7.28. The van der Waals surface area contributed by atoms with E-state index in [0.717, 1.165) is 26.2 Å². The third-order valence-corrected chi connectivity index (χ3v) is 9.75. The quantitative estimate of drug-likeness (QED) is 0.539. The van der Waals surface area contributed by atoms with Crippen LogP contribution in [0.2, 0.25) is 0 Å². The molecule has 36 heavy (non-hydrogen) atoms. The SMILES string of the molecule is C[C@@](O)(c1ccc(N2CCN(S(=O)(=O)C3=CC=CCC3=S)C[C@@H]2CC2CCOCC2)cc1)C(F)(F)F. The Morgan fingerprint density at radius 2 is 1.81 bits per heavy atom. The minimum absolute atomic E-state index is 0.164. The molecule has 1 N–H and O–H groups in total. The van der Waals surface area contributed by atoms with Crippen molar-refractivity contribution in [2.75, 3.05) is 37.7 Å². The molecule has 0 saturated carbocycles. The average molecular weight is 545 g/mol. The first-order valence-electron chi connectivity index (χ1n) is 12.1. The number of anilines is 1. The Kier molecular flexibility index (Phi) is 7.97. The normalized spacial score (nSPS) is 24.5. The van der Waals surface area contributed by atoms with Crippen molar-refractivity contribution in [2.45, 2.75) is 50.4 Å². The highest BCUT2D eigenvalue weighted by Gasteiger charge is 2.51. The zero-order chi connectivity index (χ0) is 26.1. The highest BCUT2D eigenvalue weighted by Crippen LogP contribution is 2.39. The van der Waals surface area contributed by atoms with Gasteiger partial charge in [0.25, 0.3) is 0 Å². The second kappa shape index (κ2) is 10.5. The number of ether oxygens (including phenoxy) is 1. The number of thiocarbonyl (C=S) groups is 1. The van der Waals surface area contributed by atoms with Crippen LogP contribution in [0.3, 0.4) is 0 Å². The van der Waals surface area contributed by atoms with Crippen LogP contribution in [-0.4, -0.2) is 67.8 Å². The van der Waals surface area contributed by atoms with E-state index >= 15 is 0 Å². The summed E-state index contributed by atoms with van der Waals surface area (Å²) in [5.74, 6) is 0.358. The standard InChI is InChI=1S/C25H31F3N2O4S2/c1-24(31,25(26,27)28)19-6-8-20(9-7-19)30-13-12-29(17-21(30)16-18-10-14-34-15-11-18)36(32,33)23-5-3-2-4-22(23)35/h2-3,5-9,18,21,31H,4,10-17H2,1H3/t21-,24+/m0/s1. The number of nitrogens with zero attached hydrogens (tertiary/aromatic N) is 2. The third kappa shape index (κ3) is 5.55. The molecule has 1 aliphatic carbocycles. The minimum atomic E-state index is -4.80. The molecule has 0 spiro atoms. The van der Waals surface area contributed by atoms with Crippen molar-refractivity contribution in [3.05, 3.63) is 53.0 Å². The molecule has 0 aromatic heterocycles. The molecule has 2 atom stereocenters. The second-order valence-electron chi connectivity index (χ2n) is 9.70. The largest absolute Gasteiger partial charge is 0.421 e. The Hall–Kier alpha value is -1.79. The van der Waals surface area contributed by atoms with Crippen LogP contribution in [0, 0.1) is 5.92 Å². The molecule has 198 valence electrons. The van der Waals surface area contributed by atoms with Gasteiger partial charge in [-0.15, -0.1) is 0 Å². The van der Waals surface area contributed by atoms with Crippen LogP contribution in [0.5, 0.6) is 0 Å². The molecule has 11 heteroatoms. The molecular formula is C25H31F3N2O4S2. The van der Waals surface area contributed by atoms with Gasteiger partial charge >= 0.3 is 6.18 Å². The Bertz CT molecular complexity index is 1120. The summed E-state index contributed by atoms with van der Waals surface area (Å²) >= 11 is 5.32. The number of hydrogen-bond acceptors (Lipinski definition) is 6. The molecule has 0 unspecified atom stereocenters. The predicted octanol–water partition coefficient (Wildman–Crippen LogP) is 4.31. The van der Waals surface area contributed by atoms with E-state index in [1.165, 1.54) is 16.4 Å². The van der Waals surface area contributed by atoms with E-state index in [9.17, 15) is 26.7 Å². The zero-order valence-corrected chi connectivity index (χ0v) is 21.7. The Balaban J connectivity index is 1.59. The van der Waals surface area contributed by atoms with E-state index < -0.39 is 21.8 Å². The fourth-order valence-corrected chi connectivity index (χ4v) is 7.06. The van der Waals surface area contributed by atoms with Gasteiger partial charge in [0.15, 0.2) is 5.60 Å². The molecule has 6 nitrogen and oxygen atoms in total. The van der Waals surface area contributed by atoms with E-state index in [1.54, 1.807) is 24.3 Å². The summed E-state index contributed by atoms with van der Waals surface area (Å²) < 4.78 is 73.7. The lowest BCUT2D eigenvalue weighted by Gasteiger charge is -2.44. The lowest BCUT2D eigenvalue weighted by molar-refractivity contribution is -0.258. The maximum absolute atomic E-state index is 13.4. The zero-order valence-electron chi connectivity index (χ0n) is 20.1. The van der Waals surface area contributed by atoms with Gasteiger partial charge in [-0.25, -0.2) is 8.42 Å². The number of allylic oxidation sites excluding steroid dienone is 4. The summed E-state index contributed by atoms with van der Waals surface area (Å²) in [7, 11) is -3.76. The number of aliphatic hydroxyl groups is 1. The summed E-state index contributed by atoms with van der Waals surface area (Å²) in [5, 5.41) is 10.0. The molecule has 2 heterocycles. The Labute approximate surface area is 215 Å². The Morgan fingerprint density at radius 1 is 1.14 bits per heavy atom. The van der Waals surface area contributed by atoms with Gasteiger partial charge < -0.3 is 14.7 Å². The maximum Gasteiger partial charge on any atom is 0.421 e. The molecule has 1 aromatic rings. The smallest absolute Gasteiger partial charge is 0.381 e. The van der Waals surface area contributed by atoms with E-state index in [-0.39, 0.29) is 29.6 Å². The summed E-state index contributed by atoms with van der Waals surface area (Å²) in [4.78, 5) is 2.63. The predicted molar refractivity (Wildman–Crippen MR) is 136 cm³/mol. The first kappa shape index (κ1) is 27.3. The van der Waals surface area contributed by atoms with Gasteiger partial charge in [0.2, 0.25) is 10.0 Å². The minimum Gasteiger partial charge on any atom is -0.381 e. The molecule has 2 fully saturated rings. The van der Waals surface area contributed by atoms with Crippen LogP contribution in [-0.2, 0) is 20.4 Å². The fraction of sp³-hybridized carbons (Fsp3) is 0.560. The number of alkyl halides is 3. The van der Waals surface area contributed by atoms with Crippen molar-refractivity contribution >= 4 is 32.8 Å². The van der Waals surface area contributed by atoms with E-state index in [2.05, 4.69) is 4.90 Å². The molecule has 1 aromatic carbocycles. The second-order valence-corrected chi connectivity index (χ2v) is 12.1. The van der Waals surface area contributed by atoms with Crippen molar-refractivity contribution in [2.24, 2.45) is 5.92 Å². The van der Waals surface area contributed by atoms with E-state index in [0.29, 0.717) is 42.6 Å². The maximum atomic E-state index is 13.4. The average Bonchev–Trinajstić information content (AvgIpc) is 2.84. The number of sulfonamides is 1. The Morgan fingerprint density at radius 3 is 2.42 bits per heavy atom. The summed E-state index contributed by atoms with van der Waals surface area (Å²) in [5.41, 5.74) is -2.51. The van der Waals surface area contributed by atoms with Crippen LogP contribution >= 0.6 is 12.2 Å². The highest BCUT2D eigenvalue weighted by atomic mass is 32.2. The number of hydrogen-bond donors (Lipinski definition) is 1. The lowest BCUT2D eigenvalue weighted by atomic mass is 9.90. The van der Waals surface area contributed by atoms with Crippen LogP contribution in [0.15, 0.2) is 47.4 Å². The molecular weight excluding hydrogens is 513 g/mol. The molecule has 2 aliphatic heterocycles. The van der Waals surface area contributed by atoms with Crippen LogP contribution in [0.25, 0.3) is 0 Å². The van der Waals surface area contributed by atoms with E-state index in [4.69, 9.17) is 17.0 Å². The van der Waals surface area contributed by atoms with Crippen LogP contribution in [0.4, 0.5) is 18.9 Å². The van der Waals surface area contributed by atoms with Crippen molar-refractivity contribution in [1.29, 1.82) is 0 Å². The van der Waals surface area contributed by atoms with Crippen molar-refractivity contribution < 1.29 is 31.4 Å². The van der Waals surface area contributed by atoms with E-state index in [1.807, 2.05) is 6.08 Å². The van der Waals surface area contributed by atoms with Gasteiger partial charge in [-0.2, -0.15) is 17.5 Å². The summed E-state index contributed by atoms with van der Waals surface area (Å²) in [6.45, 7) is 2.93. The molecule has 4 rings (SSSR count). The first-order valence-corrected chi connectivity index (χ1v) is 13.9. The van der Waals surface area contributed by atoms with Crippen LogP contribution < -0.4 is 4.90 Å². The number of piperazine rings is 1. The number of halogens is 3. The van der Waals surface area contributed by atoms with Gasteiger partial charge in [-0.05, 0) is 55.9 Å². The molecule has 0 amide bonds. The van der Waals surface area contributed by atoms with Crippen molar-refractivity contribution in [3.8, 4) is 0 Å². The van der Waals surface area contributed by atoms with Gasteiger partial charge in [0.1, 0.15) is 0 Å². The van der Waals surface area contributed by atoms with Crippen molar-refractivity contribution in [1.82, 2.24) is 4.31 Å². The summed E-state index contributed by atoms with van der Waals surface area (Å²) in [6, 6.07) is 5.55. The molecule has 2 saturated heterocycles. The van der Waals surface area contributed by atoms with Gasteiger partial charge in [-0.1, -0.05) is 36.5 Å². The van der Waals surface area contributed by atoms with Gasteiger partial charge in [0, 0.05) is 55.9 Å². The monoisotopic (exact) mass is 544 g/mol.